The van der Waals surface area contributed by atoms with E-state index in [0.29, 0.717) is 18.4 Å². The van der Waals surface area contributed by atoms with Gasteiger partial charge in [-0.2, -0.15) is 4.98 Å². The minimum atomic E-state index is -0.0913. The smallest absolute Gasteiger partial charge is 0.226 e. The average Bonchev–Trinajstić information content (AvgIpc) is 2.26. The average molecular weight is 205 g/mol. The summed E-state index contributed by atoms with van der Waals surface area (Å²) in [6, 6.07) is 1.63. The first-order valence-electron chi connectivity index (χ1n) is 4.94. The van der Waals surface area contributed by atoms with Crippen LogP contribution in [0, 0.1) is 12.3 Å². The number of hydrogen-bond donors (Lipinski definition) is 1. The van der Waals surface area contributed by atoms with Gasteiger partial charge in [0.2, 0.25) is 11.8 Å². The van der Waals surface area contributed by atoms with Gasteiger partial charge in [-0.15, -0.1) is 6.42 Å². The summed E-state index contributed by atoms with van der Waals surface area (Å²) in [7, 11) is 0. The maximum Gasteiger partial charge on any atom is 0.226 e. The summed E-state index contributed by atoms with van der Waals surface area (Å²) < 4.78 is 5.37. The number of rotatable bonds is 5. The van der Waals surface area contributed by atoms with Crippen LogP contribution < -0.4 is 10.1 Å². The van der Waals surface area contributed by atoms with Crippen LogP contribution in [-0.4, -0.2) is 22.6 Å². The van der Waals surface area contributed by atoms with Gasteiger partial charge in [0.05, 0.1) is 12.6 Å². The summed E-state index contributed by atoms with van der Waals surface area (Å²) in [5.74, 6) is 3.61. The lowest BCUT2D eigenvalue weighted by molar-refractivity contribution is 0.305. The normalized spacial score (nSPS) is 11.5. The topological polar surface area (TPSA) is 47.0 Å². The monoisotopic (exact) mass is 205 g/mol. The number of anilines is 1. The van der Waals surface area contributed by atoms with Gasteiger partial charge < -0.3 is 10.1 Å². The molecule has 1 heterocycles. The van der Waals surface area contributed by atoms with Crippen molar-refractivity contribution < 1.29 is 4.74 Å². The van der Waals surface area contributed by atoms with Gasteiger partial charge in [0, 0.05) is 12.3 Å². The van der Waals surface area contributed by atoms with Crippen molar-refractivity contribution in [3.8, 4) is 18.2 Å². The third-order valence-corrected chi connectivity index (χ3v) is 1.68. The molecule has 1 atom stereocenters. The maximum absolute atomic E-state index is 5.37. The van der Waals surface area contributed by atoms with Crippen LogP contribution >= 0.6 is 0 Å². The van der Waals surface area contributed by atoms with E-state index in [1.807, 2.05) is 13.8 Å². The molecule has 0 spiro atoms. The predicted molar refractivity (Wildman–Crippen MR) is 59.7 cm³/mol. The molecule has 1 rings (SSSR count). The highest BCUT2D eigenvalue weighted by atomic mass is 16.5. The highest BCUT2D eigenvalue weighted by Crippen LogP contribution is 2.09. The Kier molecular flexibility index (Phi) is 4.42. The lowest BCUT2D eigenvalue weighted by Crippen LogP contribution is -2.14. The van der Waals surface area contributed by atoms with Crippen molar-refractivity contribution in [1.29, 1.82) is 0 Å². The second kappa shape index (κ2) is 5.86. The molecule has 0 aliphatic heterocycles. The molecule has 0 radical (unpaired) electrons. The molecule has 15 heavy (non-hydrogen) atoms. The van der Waals surface area contributed by atoms with Gasteiger partial charge in [-0.3, -0.25) is 0 Å². The van der Waals surface area contributed by atoms with Gasteiger partial charge in [-0.25, -0.2) is 4.98 Å². The molecule has 4 heteroatoms. The molecular weight excluding hydrogens is 190 g/mol. The van der Waals surface area contributed by atoms with Crippen molar-refractivity contribution in [2.75, 3.05) is 11.9 Å². The predicted octanol–water partition coefficient (Wildman–Crippen LogP) is 1.70. The van der Waals surface area contributed by atoms with Crippen LogP contribution in [-0.2, 0) is 0 Å². The Labute approximate surface area is 90.1 Å². The lowest BCUT2D eigenvalue weighted by Gasteiger charge is -2.08. The summed E-state index contributed by atoms with van der Waals surface area (Å²) in [5.41, 5.74) is 0. The highest BCUT2D eigenvalue weighted by Gasteiger charge is 2.01. The Bertz CT molecular complexity index is 346. The van der Waals surface area contributed by atoms with Crippen molar-refractivity contribution in [3.05, 3.63) is 12.3 Å². The summed E-state index contributed by atoms with van der Waals surface area (Å²) >= 11 is 0. The molecule has 0 bridgehead atoms. The van der Waals surface area contributed by atoms with Gasteiger partial charge in [0.25, 0.3) is 0 Å². The molecule has 0 saturated heterocycles. The number of nitrogens with zero attached hydrogens (tertiary/aromatic N) is 2. The molecule has 0 amide bonds. The van der Waals surface area contributed by atoms with Crippen LogP contribution in [0.15, 0.2) is 12.3 Å². The third kappa shape index (κ3) is 3.86. The first-order valence-corrected chi connectivity index (χ1v) is 4.94. The van der Waals surface area contributed by atoms with Gasteiger partial charge in [-0.05, 0) is 13.3 Å². The number of hydrogen-bond acceptors (Lipinski definition) is 4. The minimum absolute atomic E-state index is 0.0913. The zero-order valence-electron chi connectivity index (χ0n) is 9.03. The lowest BCUT2D eigenvalue weighted by atomic mass is 10.4. The molecule has 0 fully saturated rings. The molecule has 1 N–H and O–H groups in total. The van der Waals surface area contributed by atoms with Crippen molar-refractivity contribution in [2.45, 2.75) is 26.3 Å². The molecule has 0 aliphatic rings. The van der Waals surface area contributed by atoms with E-state index >= 15 is 0 Å². The van der Waals surface area contributed by atoms with Crippen molar-refractivity contribution in [1.82, 2.24) is 9.97 Å². The second-order valence-corrected chi connectivity index (χ2v) is 3.10. The SMILES string of the molecule is C#CC(C)Nc1nccc(OCCC)n1. The summed E-state index contributed by atoms with van der Waals surface area (Å²) in [5, 5.41) is 2.97. The van der Waals surface area contributed by atoms with E-state index in [0.717, 1.165) is 6.42 Å². The molecule has 0 aliphatic carbocycles. The van der Waals surface area contributed by atoms with E-state index in [2.05, 4.69) is 21.2 Å². The van der Waals surface area contributed by atoms with Gasteiger partial charge in [0.15, 0.2) is 0 Å². The van der Waals surface area contributed by atoms with Gasteiger partial charge in [-0.1, -0.05) is 12.8 Å². The maximum atomic E-state index is 5.37. The first kappa shape index (κ1) is 11.3. The van der Waals surface area contributed by atoms with Crippen LogP contribution in [0.4, 0.5) is 5.95 Å². The quantitative estimate of drug-likeness (QED) is 0.743. The highest BCUT2D eigenvalue weighted by molar-refractivity contribution is 5.31. The van der Waals surface area contributed by atoms with E-state index in [1.54, 1.807) is 12.3 Å². The van der Waals surface area contributed by atoms with E-state index in [-0.39, 0.29) is 6.04 Å². The fraction of sp³-hybridized carbons (Fsp3) is 0.455. The zero-order valence-corrected chi connectivity index (χ0v) is 9.03. The van der Waals surface area contributed by atoms with Crippen LogP contribution in [0.5, 0.6) is 5.88 Å². The third-order valence-electron chi connectivity index (χ3n) is 1.68. The van der Waals surface area contributed by atoms with E-state index in [1.165, 1.54) is 0 Å². The Hall–Kier alpha value is -1.76. The Morgan fingerprint density at radius 1 is 1.67 bits per heavy atom. The van der Waals surface area contributed by atoms with Crippen LogP contribution in [0.25, 0.3) is 0 Å². The molecule has 4 nitrogen and oxygen atoms in total. The fourth-order valence-corrected chi connectivity index (χ4v) is 0.934. The minimum Gasteiger partial charge on any atom is -0.478 e. The molecule has 0 aromatic carbocycles. The van der Waals surface area contributed by atoms with E-state index < -0.39 is 0 Å². The van der Waals surface area contributed by atoms with Crippen LogP contribution in [0.3, 0.4) is 0 Å². The van der Waals surface area contributed by atoms with Crippen molar-refractivity contribution in [2.24, 2.45) is 0 Å². The number of ether oxygens (including phenoxy) is 1. The number of terminal acetylenes is 1. The number of nitrogens with one attached hydrogen (secondary N) is 1. The molecule has 1 aromatic heterocycles. The van der Waals surface area contributed by atoms with E-state index in [9.17, 15) is 0 Å². The molecule has 80 valence electrons. The molecule has 0 saturated carbocycles. The standard InChI is InChI=1S/C11H15N3O/c1-4-8-15-10-6-7-12-11(14-10)13-9(3)5-2/h2,6-7,9H,4,8H2,1,3H3,(H,12,13,14). The van der Waals surface area contributed by atoms with Gasteiger partial charge >= 0.3 is 0 Å². The van der Waals surface area contributed by atoms with Crippen LogP contribution in [0.1, 0.15) is 20.3 Å². The van der Waals surface area contributed by atoms with Crippen LogP contribution in [0.2, 0.25) is 0 Å². The van der Waals surface area contributed by atoms with Crippen molar-refractivity contribution >= 4 is 5.95 Å². The largest absolute Gasteiger partial charge is 0.478 e. The second-order valence-electron chi connectivity index (χ2n) is 3.10. The summed E-state index contributed by atoms with van der Waals surface area (Å²) in [4.78, 5) is 8.20. The Balaban J connectivity index is 2.62. The fourth-order valence-electron chi connectivity index (χ4n) is 0.934. The summed E-state index contributed by atoms with van der Waals surface area (Å²) in [6.07, 6.45) is 7.83. The Morgan fingerprint density at radius 2 is 2.47 bits per heavy atom. The first-order chi connectivity index (χ1) is 7.26. The van der Waals surface area contributed by atoms with E-state index in [4.69, 9.17) is 11.2 Å². The van der Waals surface area contributed by atoms with Crippen molar-refractivity contribution in [3.63, 3.8) is 0 Å². The molecule has 1 unspecified atom stereocenters. The zero-order chi connectivity index (χ0) is 11.1. The van der Waals surface area contributed by atoms with Gasteiger partial charge in [0.1, 0.15) is 0 Å². The molecular formula is C11H15N3O. The summed E-state index contributed by atoms with van der Waals surface area (Å²) in [6.45, 7) is 4.56. The molecule has 1 aromatic rings. The Morgan fingerprint density at radius 3 is 3.13 bits per heavy atom. The number of aromatic nitrogens is 2.